The molecule has 1 aromatic rings. The molecular formula is C9H10FNO. The molecule has 0 radical (unpaired) electrons. The second kappa shape index (κ2) is 2.75. The van der Waals surface area contributed by atoms with E-state index in [4.69, 9.17) is 5.11 Å². The van der Waals surface area contributed by atoms with E-state index < -0.39 is 5.82 Å². The van der Waals surface area contributed by atoms with Gasteiger partial charge in [0.15, 0.2) is 11.6 Å². The molecule has 64 valence electrons. The van der Waals surface area contributed by atoms with Gasteiger partial charge in [0.25, 0.3) is 0 Å². The summed E-state index contributed by atoms with van der Waals surface area (Å²) in [4.78, 5) is 0. The van der Waals surface area contributed by atoms with Crippen molar-refractivity contribution >= 4 is 0 Å². The number of aromatic hydroxyl groups is 1. The molecule has 2 N–H and O–H groups in total. The van der Waals surface area contributed by atoms with Crippen molar-refractivity contribution in [1.29, 1.82) is 0 Å². The number of rotatable bonds is 1. The average molecular weight is 167 g/mol. The van der Waals surface area contributed by atoms with Crippen LogP contribution in [0.2, 0.25) is 0 Å². The zero-order valence-electron chi connectivity index (χ0n) is 6.55. The van der Waals surface area contributed by atoms with Crippen molar-refractivity contribution in [3.05, 3.63) is 29.6 Å². The van der Waals surface area contributed by atoms with E-state index >= 15 is 0 Å². The third kappa shape index (κ3) is 1.16. The van der Waals surface area contributed by atoms with E-state index in [2.05, 4.69) is 5.32 Å². The number of phenols is 1. The molecule has 1 fully saturated rings. The third-order valence-corrected chi connectivity index (χ3v) is 2.20. The number of phenolic OH excluding ortho intramolecular Hbond substituents is 1. The lowest BCUT2D eigenvalue weighted by atomic mass is 9.98. The zero-order chi connectivity index (χ0) is 8.55. The Labute approximate surface area is 70.0 Å². The molecule has 1 heterocycles. The molecule has 3 heteroatoms. The summed E-state index contributed by atoms with van der Waals surface area (Å²) in [5.74, 6) is -0.820. The molecule has 1 saturated heterocycles. The Balaban J connectivity index is 2.27. The topological polar surface area (TPSA) is 32.3 Å². The summed E-state index contributed by atoms with van der Waals surface area (Å²) in [6, 6.07) is 4.78. The fourth-order valence-electron chi connectivity index (χ4n) is 1.32. The zero-order valence-corrected chi connectivity index (χ0v) is 6.55. The average Bonchev–Trinajstić information content (AvgIpc) is 1.93. The summed E-state index contributed by atoms with van der Waals surface area (Å²) in [7, 11) is 0. The van der Waals surface area contributed by atoms with Gasteiger partial charge in [-0.2, -0.15) is 0 Å². The van der Waals surface area contributed by atoms with Gasteiger partial charge in [-0.25, -0.2) is 4.39 Å². The predicted octanol–water partition coefficient (Wildman–Crippen LogP) is 1.57. The van der Waals surface area contributed by atoms with E-state index in [1.165, 1.54) is 12.1 Å². The van der Waals surface area contributed by atoms with Crippen molar-refractivity contribution in [1.82, 2.24) is 5.32 Å². The van der Waals surface area contributed by atoms with Crippen LogP contribution >= 0.6 is 0 Å². The highest BCUT2D eigenvalue weighted by molar-refractivity contribution is 5.31. The van der Waals surface area contributed by atoms with Gasteiger partial charge in [-0.1, -0.05) is 6.07 Å². The summed E-state index contributed by atoms with van der Waals surface area (Å²) < 4.78 is 12.6. The first-order chi connectivity index (χ1) is 5.77. The first kappa shape index (κ1) is 7.55. The summed E-state index contributed by atoms with van der Waals surface area (Å²) >= 11 is 0. The molecule has 1 aliphatic rings. The van der Waals surface area contributed by atoms with Gasteiger partial charge in [-0.05, 0) is 30.7 Å². The maximum absolute atomic E-state index is 12.6. The molecule has 2 rings (SSSR count). The summed E-state index contributed by atoms with van der Waals surface area (Å²) in [6.45, 7) is 1.00. The maximum Gasteiger partial charge on any atom is 0.164 e. The quantitative estimate of drug-likeness (QED) is 0.665. The molecule has 12 heavy (non-hydrogen) atoms. The molecule has 1 aromatic carbocycles. The van der Waals surface area contributed by atoms with Gasteiger partial charge in [0.2, 0.25) is 0 Å². The van der Waals surface area contributed by atoms with Crippen LogP contribution in [-0.2, 0) is 0 Å². The van der Waals surface area contributed by atoms with Gasteiger partial charge in [0, 0.05) is 6.04 Å². The van der Waals surface area contributed by atoms with Crippen LogP contribution in [0.3, 0.4) is 0 Å². The molecule has 2 nitrogen and oxygen atoms in total. The molecular weight excluding hydrogens is 157 g/mol. The van der Waals surface area contributed by atoms with Crippen LogP contribution in [0, 0.1) is 5.82 Å². The normalized spacial score (nSPS) is 21.9. The molecule has 0 spiro atoms. The second-order valence-electron chi connectivity index (χ2n) is 3.01. The Kier molecular flexibility index (Phi) is 1.73. The number of hydrogen-bond donors (Lipinski definition) is 2. The van der Waals surface area contributed by atoms with Crippen LogP contribution in [0.25, 0.3) is 0 Å². The fourth-order valence-corrected chi connectivity index (χ4v) is 1.32. The molecule has 0 aliphatic carbocycles. The highest BCUT2D eigenvalue weighted by atomic mass is 19.1. The minimum atomic E-state index is -0.557. The van der Waals surface area contributed by atoms with E-state index in [0.717, 1.165) is 18.5 Å². The van der Waals surface area contributed by atoms with Gasteiger partial charge < -0.3 is 10.4 Å². The molecule has 0 saturated carbocycles. The summed E-state index contributed by atoms with van der Waals surface area (Å²) in [5, 5.41) is 12.2. The first-order valence-corrected chi connectivity index (χ1v) is 3.99. The van der Waals surface area contributed by atoms with Gasteiger partial charge in [-0.3, -0.25) is 0 Å². The number of nitrogens with one attached hydrogen (secondary N) is 1. The van der Waals surface area contributed by atoms with Gasteiger partial charge in [0.05, 0.1) is 0 Å². The molecule has 0 aromatic heterocycles. The lowest BCUT2D eigenvalue weighted by Crippen LogP contribution is -2.34. The highest BCUT2D eigenvalue weighted by Gasteiger charge is 2.18. The van der Waals surface area contributed by atoms with Gasteiger partial charge >= 0.3 is 0 Å². The van der Waals surface area contributed by atoms with Crippen molar-refractivity contribution in [3.8, 4) is 5.75 Å². The Bertz CT molecular complexity index is 297. The maximum atomic E-state index is 12.6. The van der Waals surface area contributed by atoms with Gasteiger partial charge in [0.1, 0.15) is 0 Å². The van der Waals surface area contributed by atoms with E-state index in [1.54, 1.807) is 6.07 Å². The van der Waals surface area contributed by atoms with Crippen LogP contribution < -0.4 is 5.32 Å². The Morgan fingerprint density at radius 1 is 1.50 bits per heavy atom. The first-order valence-electron chi connectivity index (χ1n) is 3.99. The van der Waals surface area contributed by atoms with E-state index in [0.29, 0.717) is 6.04 Å². The molecule has 1 aliphatic heterocycles. The van der Waals surface area contributed by atoms with Crippen molar-refractivity contribution in [2.24, 2.45) is 0 Å². The monoisotopic (exact) mass is 167 g/mol. The molecule has 0 unspecified atom stereocenters. The molecule has 0 amide bonds. The van der Waals surface area contributed by atoms with E-state index in [9.17, 15) is 4.39 Å². The number of benzene rings is 1. The third-order valence-electron chi connectivity index (χ3n) is 2.20. The smallest absolute Gasteiger partial charge is 0.164 e. The largest absolute Gasteiger partial charge is 0.505 e. The number of halogens is 1. The number of hydrogen-bond acceptors (Lipinski definition) is 2. The van der Waals surface area contributed by atoms with Crippen molar-refractivity contribution in [2.75, 3.05) is 6.54 Å². The minimum absolute atomic E-state index is 0.263. The lowest BCUT2D eigenvalue weighted by molar-refractivity contribution is 0.378. The Hall–Kier alpha value is -1.09. The Morgan fingerprint density at radius 3 is 2.75 bits per heavy atom. The van der Waals surface area contributed by atoms with Crippen LogP contribution in [0.4, 0.5) is 4.39 Å². The van der Waals surface area contributed by atoms with Gasteiger partial charge in [-0.15, -0.1) is 0 Å². The summed E-state index contributed by atoms with van der Waals surface area (Å²) in [5.41, 5.74) is 0.958. The van der Waals surface area contributed by atoms with E-state index in [-0.39, 0.29) is 5.75 Å². The van der Waals surface area contributed by atoms with Crippen molar-refractivity contribution < 1.29 is 9.50 Å². The Morgan fingerprint density at radius 2 is 2.25 bits per heavy atom. The SMILES string of the molecule is Oc1cc([C@H]2CCN2)ccc1F. The van der Waals surface area contributed by atoms with Crippen LogP contribution in [0.1, 0.15) is 18.0 Å². The van der Waals surface area contributed by atoms with Crippen LogP contribution in [0.5, 0.6) is 5.75 Å². The molecule has 0 bridgehead atoms. The fraction of sp³-hybridized carbons (Fsp3) is 0.333. The predicted molar refractivity (Wildman–Crippen MR) is 43.4 cm³/mol. The lowest BCUT2D eigenvalue weighted by Gasteiger charge is -2.27. The van der Waals surface area contributed by atoms with Crippen LogP contribution in [0.15, 0.2) is 18.2 Å². The van der Waals surface area contributed by atoms with Crippen molar-refractivity contribution in [3.63, 3.8) is 0 Å². The standard InChI is InChI=1S/C9H10FNO/c10-7-2-1-6(5-9(7)12)8-3-4-11-8/h1-2,5,8,11-12H,3-4H2/t8-/m1/s1. The second-order valence-corrected chi connectivity index (χ2v) is 3.01. The summed E-state index contributed by atoms with van der Waals surface area (Å²) in [6.07, 6.45) is 1.06. The van der Waals surface area contributed by atoms with E-state index in [1.807, 2.05) is 0 Å². The van der Waals surface area contributed by atoms with Crippen LogP contribution in [-0.4, -0.2) is 11.7 Å². The minimum Gasteiger partial charge on any atom is -0.505 e. The van der Waals surface area contributed by atoms with Crippen molar-refractivity contribution in [2.45, 2.75) is 12.5 Å². The highest BCUT2D eigenvalue weighted by Crippen LogP contribution is 2.26. The molecule has 1 atom stereocenters.